The highest BCUT2D eigenvalue weighted by molar-refractivity contribution is 7.82. The molecule has 0 saturated carbocycles. The minimum atomic E-state index is -1.10. The molecule has 0 aromatic rings. The maximum atomic E-state index is 11.0. The molecule has 1 atom stereocenters. The lowest BCUT2D eigenvalue weighted by molar-refractivity contribution is -0.140. The molecule has 0 aliphatic heterocycles. The Morgan fingerprint density at radius 3 is 2.00 bits per heavy atom. The summed E-state index contributed by atoms with van der Waals surface area (Å²) in [5, 5.41) is 8.78. The van der Waals surface area contributed by atoms with E-state index in [1.807, 2.05) is 0 Å². The van der Waals surface area contributed by atoms with Crippen molar-refractivity contribution in [1.29, 1.82) is 0 Å². The number of rotatable bonds is 5. The molecule has 0 bridgehead atoms. The van der Waals surface area contributed by atoms with Gasteiger partial charge in [0.05, 0.1) is 0 Å². The van der Waals surface area contributed by atoms with Crippen LogP contribution in [0.15, 0.2) is 0 Å². The summed E-state index contributed by atoms with van der Waals surface area (Å²) in [4.78, 5) is 21.7. The van der Waals surface area contributed by atoms with Gasteiger partial charge in [-0.05, 0) is 19.8 Å². The average Bonchev–Trinajstić information content (AvgIpc) is 2.01. The van der Waals surface area contributed by atoms with Crippen molar-refractivity contribution < 1.29 is 14.7 Å². The summed E-state index contributed by atoms with van der Waals surface area (Å²) < 4.78 is -1.10. The first-order valence-electron chi connectivity index (χ1n) is 4.35. The summed E-state index contributed by atoms with van der Waals surface area (Å²) in [6, 6.07) is 0. The minimum Gasteiger partial charge on any atom is -0.480 e. The average molecular weight is 219 g/mol. The fraction of sp³-hybridized carbons (Fsp3) is 0.778. The Labute approximate surface area is 89.3 Å². The van der Waals surface area contributed by atoms with Gasteiger partial charge in [-0.15, -0.1) is 0 Å². The second-order valence-corrected chi connectivity index (χ2v) is 5.31. The lowest BCUT2D eigenvalue weighted by Crippen LogP contribution is -2.35. The Hall–Kier alpha value is -0.710. The van der Waals surface area contributed by atoms with Crippen LogP contribution >= 0.6 is 12.6 Å². The minimum absolute atomic E-state index is 0.307. The third kappa shape index (κ3) is 3.57. The van der Waals surface area contributed by atoms with Crippen molar-refractivity contribution in [3.63, 3.8) is 0 Å². The predicted molar refractivity (Wildman–Crippen MR) is 57.2 cm³/mol. The fourth-order valence-electron chi connectivity index (χ4n) is 0.786. The number of carbonyl (C=O) groups excluding carboxylic acids is 1. The van der Waals surface area contributed by atoms with E-state index >= 15 is 0 Å². The first kappa shape index (κ1) is 13.3. The van der Waals surface area contributed by atoms with Crippen LogP contribution in [0.3, 0.4) is 0 Å². The molecule has 0 radical (unpaired) electrons. The second-order valence-electron chi connectivity index (χ2n) is 4.33. The standard InChI is InChI=1S/C9H17NO3S/c1-8(2,6(10)11)4-5-9(3,14)7(12)13/h14H,4-5H2,1-3H3,(H2,10,11)(H,12,13). The quantitative estimate of drug-likeness (QED) is 0.605. The van der Waals surface area contributed by atoms with Crippen molar-refractivity contribution >= 4 is 24.5 Å². The van der Waals surface area contributed by atoms with Crippen LogP contribution in [0, 0.1) is 5.41 Å². The predicted octanol–water partition coefficient (Wildman–Crippen LogP) is 1.05. The number of carbonyl (C=O) groups is 2. The molecule has 4 nitrogen and oxygen atoms in total. The first-order chi connectivity index (χ1) is 6.09. The van der Waals surface area contributed by atoms with Crippen molar-refractivity contribution in [2.45, 2.75) is 38.4 Å². The molecule has 0 rings (SSSR count). The monoisotopic (exact) mass is 219 g/mol. The van der Waals surface area contributed by atoms with Crippen molar-refractivity contribution in [1.82, 2.24) is 0 Å². The van der Waals surface area contributed by atoms with Crippen LogP contribution < -0.4 is 5.73 Å². The van der Waals surface area contributed by atoms with Crippen LogP contribution in [0.1, 0.15) is 33.6 Å². The Bertz CT molecular complexity index is 222. The van der Waals surface area contributed by atoms with Gasteiger partial charge in [0, 0.05) is 5.41 Å². The molecular formula is C9H17NO3S. The molecule has 5 heteroatoms. The zero-order chi connectivity index (χ0) is 11.6. The smallest absolute Gasteiger partial charge is 0.319 e. The van der Waals surface area contributed by atoms with E-state index in [0.717, 1.165) is 0 Å². The number of aliphatic carboxylic acids is 1. The summed E-state index contributed by atoms with van der Waals surface area (Å²) in [5.41, 5.74) is 4.48. The number of amides is 1. The van der Waals surface area contributed by atoms with Gasteiger partial charge in [0.25, 0.3) is 0 Å². The van der Waals surface area contributed by atoms with Gasteiger partial charge < -0.3 is 10.8 Å². The molecule has 82 valence electrons. The van der Waals surface area contributed by atoms with Crippen LogP contribution in [0.25, 0.3) is 0 Å². The number of hydrogen-bond donors (Lipinski definition) is 3. The molecule has 0 aromatic heterocycles. The first-order valence-corrected chi connectivity index (χ1v) is 4.80. The fourth-order valence-corrected chi connectivity index (χ4v) is 0.898. The Morgan fingerprint density at radius 1 is 1.29 bits per heavy atom. The number of carboxylic acids is 1. The van der Waals surface area contributed by atoms with E-state index in [0.29, 0.717) is 12.8 Å². The lowest BCUT2D eigenvalue weighted by Gasteiger charge is -2.25. The van der Waals surface area contributed by atoms with Gasteiger partial charge in [0.15, 0.2) is 0 Å². The summed E-state index contributed by atoms with van der Waals surface area (Å²) >= 11 is 4.01. The molecule has 0 aliphatic carbocycles. The van der Waals surface area contributed by atoms with Gasteiger partial charge in [-0.3, -0.25) is 9.59 Å². The Balaban J connectivity index is 4.32. The molecule has 14 heavy (non-hydrogen) atoms. The van der Waals surface area contributed by atoms with Gasteiger partial charge in [0.1, 0.15) is 4.75 Å². The molecule has 0 heterocycles. The molecule has 0 aromatic carbocycles. The van der Waals surface area contributed by atoms with E-state index in [9.17, 15) is 9.59 Å². The molecule has 0 spiro atoms. The third-order valence-corrected chi connectivity index (χ3v) is 2.78. The van der Waals surface area contributed by atoms with Crippen LogP contribution in [0.5, 0.6) is 0 Å². The van der Waals surface area contributed by atoms with Gasteiger partial charge >= 0.3 is 5.97 Å². The van der Waals surface area contributed by atoms with Crippen molar-refractivity contribution in [3.8, 4) is 0 Å². The zero-order valence-corrected chi connectivity index (χ0v) is 9.60. The SMILES string of the molecule is CC(C)(CCC(C)(S)C(=O)O)C(N)=O. The van der Waals surface area contributed by atoms with Gasteiger partial charge in [-0.2, -0.15) is 12.6 Å². The van der Waals surface area contributed by atoms with E-state index in [2.05, 4.69) is 12.6 Å². The van der Waals surface area contributed by atoms with E-state index < -0.39 is 22.0 Å². The molecule has 0 fully saturated rings. The zero-order valence-electron chi connectivity index (χ0n) is 8.70. The largest absolute Gasteiger partial charge is 0.480 e. The number of nitrogens with two attached hydrogens (primary N) is 1. The van der Waals surface area contributed by atoms with Crippen LogP contribution in [0.2, 0.25) is 0 Å². The molecule has 1 unspecified atom stereocenters. The molecule has 1 amide bonds. The third-order valence-electron chi connectivity index (χ3n) is 2.36. The number of thiol groups is 1. The molecule has 3 N–H and O–H groups in total. The summed E-state index contributed by atoms with van der Waals surface area (Å²) in [7, 11) is 0. The number of hydrogen-bond acceptors (Lipinski definition) is 3. The van der Waals surface area contributed by atoms with Crippen molar-refractivity contribution in [2.75, 3.05) is 0 Å². The maximum absolute atomic E-state index is 11.0. The topological polar surface area (TPSA) is 80.4 Å². The highest BCUT2D eigenvalue weighted by atomic mass is 32.1. The maximum Gasteiger partial charge on any atom is 0.319 e. The molecular weight excluding hydrogens is 202 g/mol. The highest BCUT2D eigenvalue weighted by Crippen LogP contribution is 2.29. The second kappa shape index (κ2) is 4.21. The lowest BCUT2D eigenvalue weighted by atomic mass is 9.84. The summed E-state index contributed by atoms with van der Waals surface area (Å²) in [5.74, 6) is -1.41. The Morgan fingerprint density at radius 2 is 1.71 bits per heavy atom. The van der Waals surface area contributed by atoms with E-state index in [-0.39, 0.29) is 0 Å². The van der Waals surface area contributed by atoms with Crippen LogP contribution in [0.4, 0.5) is 0 Å². The number of carboxylic acid groups (broad SMARTS) is 1. The van der Waals surface area contributed by atoms with Gasteiger partial charge in [-0.25, -0.2) is 0 Å². The molecule has 0 saturated heterocycles. The summed E-state index contributed by atoms with van der Waals surface area (Å²) in [6.45, 7) is 4.90. The molecule has 0 aliphatic rings. The van der Waals surface area contributed by atoms with Crippen molar-refractivity contribution in [3.05, 3.63) is 0 Å². The highest BCUT2D eigenvalue weighted by Gasteiger charge is 2.33. The van der Waals surface area contributed by atoms with E-state index in [1.54, 1.807) is 13.8 Å². The Kier molecular flexibility index (Phi) is 4.00. The summed E-state index contributed by atoms with van der Waals surface area (Å²) in [6.07, 6.45) is 0.718. The normalized spacial score (nSPS) is 16.0. The van der Waals surface area contributed by atoms with Crippen LogP contribution in [-0.2, 0) is 9.59 Å². The van der Waals surface area contributed by atoms with Crippen LogP contribution in [-0.4, -0.2) is 21.7 Å². The van der Waals surface area contributed by atoms with Gasteiger partial charge in [-0.1, -0.05) is 13.8 Å². The van der Waals surface area contributed by atoms with E-state index in [1.165, 1.54) is 6.92 Å². The number of primary amides is 1. The van der Waals surface area contributed by atoms with Gasteiger partial charge in [0.2, 0.25) is 5.91 Å². The van der Waals surface area contributed by atoms with E-state index in [4.69, 9.17) is 10.8 Å². The van der Waals surface area contributed by atoms with Crippen molar-refractivity contribution in [2.24, 2.45) is 11.1 Å².